The summed E-state index contributed by atoms with van der Waals surface area (Å²) in [6.07, 6.45) is 1.06. The topological polar surface area (TPSA) is 25.2 Å². The molecule has 0 aliphatic rings. The fourth-order valence-electron chi connectivity index (χ4n) is 2.33. The third kappa shape index (κ3) is 2.62. The molecule has 0 aliphatic carbocycles. The molecule has 1 aromatic heterocycles. The average molecular weight is 310 g/mol. The highest BCUT2D eigenvalue weighted by Gasteiger charge is 2.16. The zero-order chi connectivity index (χ0) is 13.3. The molecule has 0 spiro atoms. The monoisotopic (exact) mass is 309 g/mol. The van der Waals surface area contributed by atoms with E-state index < -0.39 is 0 Å². The van der Waals surface area contributed by atoms with Crippen LogP contribution in [0.5, 0.6) is 0 Å². The predicted octanol–water partition coefficient (Wildman–Crippen LogP) is 4.42. The van der Waals surface area contributed by atoms with Gasteiger partial charge in [-0.2, -0.15) is 0 Å². The normalized spacial score (nSPS) is 11.7. The van der Waals surface area contributed by atoms with Crippen molar-refractivity contribution in [1.29, 1.82) is 0 Å². The molecule has 1 heterocycles. The van der Waals surface area contributed by atoms with Crippen molar-refractivity contribution in [2.45, 2.75) is 33.7 Å². The molecule has 3 heteroatoms. The summed E-state index contributed by atoms with van der Waals surface area (Å²) in [5, 5.41) is 4.43. The first kappa shape index (κ1) is 13.6. The number of aryl methyl sites for hydroxylation is 1. The molecular weight excluding hydrogens is 290 g/mol. The van der Waals surface area contributed by atoms with Gasteiger partial charge in [0.1, 0.15) is 11.3 Å². The van der Waals surface area contributed by atoms with Crippen LogP contribution < -0.4 is 5.32 Å². The number of fused-ring (bicyclic) bond motifs is 1. The molecule has 0 amide bonds. The lowest BCUT2D eigenvalue weighted by Gasteiger charge is -2.06. The van der Waals surface area contributed by atoms with E-state index in [4.69, 9.17) is 4.42 Å². The summed E-state index contributed by atoms with van der Waals surface area (Å²) in [4.78, 5) is 0. The lowest BCUT2D eigenvalue weighted by molar-refractivity contribution is 0.515. The first-order chi connectivity index (χ1) is 8.52. The summed E-state index contributed by atoms with van der Waals surface area (Å²) in [5.74, 6) is 1.69. The Morgan fingerprint density at radius 2 is 2.06 bits per heavy atom. The van der Waals surface area contributed by atoms with Crippen LogP contribution in [0.15, 0.2) is 21.0 Å². The second-order valence-corrected chi connectivity index (χ2v) is 6.11. The molecule has 2 nitrogen and oxygen atoms in total. The Bertz CT molecular complexity index is 557. The fraction of sp³-hybridized carbons (Fsp3) is 0.467. The lowest BCUT2D eigenvalue weighted by Crippen LogP contribution is -2.07. The van der Waals surface area contributed by atoms with E-state index in [1.807, 2.05) is 7.05 Å². The van der Waals surface area contributed by atoms with Crippen molar-refractivity contribution < 1.29 is 4.42 Å². The lowest BCUT2D eigenvalue weighted by atomic mass is 9.99. The van der Waals surface area contributed by atoms with Crippen LogP contribution >= 0.6 is 15.9 Å². The van der Waals surface area contributed by atoms with E-state index in [0.717, 1.165) is 28.8 Å². The van der Waals surface area contributed by atoms with Gasteiger partial charge in [-0.05, 0) is 59.9 Å². The van der Waals surface area contributed by atoms with Gasteiger partial charge in [-0.25, -0.2) is 0 Å². The highest BCUT2D eigenvalue weighted by molar-refractivity contribution is 9.10. The zero-order valence-corrected chi connectivity index (χ0v) is 13.0. The minimum absolute atomic E-state index is 0.626. The summed E-state index contributed by atoms with van der Waals surface area (Å²) in [7, 11) is 1.95. The van der Waals surface area contributed by atoms with Crippen LogP contribution in [0.3, 0.4) is 0 Å². The van der Waals surface area contributed by atoms with Gasteiger partial charge >= 0.3 is 0 Å². The van der Waals surface area contributed by atoms with E-state index in [2.05, 4.69) is 54.2 Å². The van der Waals surface area contributed by atoms with Gasteiger partial charge in [-0.1, -0.05) is 13.8 Å². The van der Waals surface area contributed by atoms with E-state index in [0.29, 0.717) is 5.92 Å². The summed E-state index contributed by atoms with van der Waals surface area (Å²) in [5.41, 5.74) is 3.58. The number of hydrogen-bond donors (Lipinski definition) is 1. The third-order valence-corrected chi connectivity index (χ3v) is 3.61. The maximum atomic E-state index is 6.02. The molecule has 0 radical (unpaired) electrons. The Morgan fingerprint density at radius 1 is 1.33 bits per heavy atom. The standard InChI is InChI=1S/C15H20BrNO/c1-9(2)5-11-12-6-10(3)7-13(16)15(12)18-14(11)8-17-4/h6-7,9,17H,5,8H2,1-4H3. The molecule has 0 unspecified atom stereocenters. The van der Waals surface area contributed by atoms with Crippen molar-refractivity contribution in [1.82, 2.24) is 5.32 Å². The van der Waals surface area contributed by atoms with Gasteiger partial charge in [0.05, 0.1) is 11.0 Å². The molecule has 0 saturated carbocycles. The maximum Gasteiger partial charge on any atom is 0.148 e. The number of nitrogens with one attached hydrogen (secondary N) is 1. The molecule has 0 atom stereocenters. The molecule has 0 fully saturated rings. The van der Waals surface area contributed by atoms with Gasteiger partial charge in [0.2, 0.25) is 0 Å². The molecule has 1 aromatic carbocycles. The van der Waals surface area contributed by atoms with Crippen molar-refractivity contribution >= 4 is 26.9 Å². The quantitative estimate of drug-likeness (QED) is 0.904. The van der Waals surface area contributed by atoms with Crippen molar-refractivity contribution in [3.63, 3.8) is 0 Å². The van der Waals surface area contributed by atoms with E-state index in [-0.39, 0.29) is 0 Å². The second-order valence-electron chi connectivity index (χ2n) is 5.26. The SMILES string of the molecule is CNCc1oc2c(Br)cc(C)cc2c1CC(C)C. The largest absolute Gasteiger partial charge is 0.458 e. The minimum Gasteiger partial charge on any atom is -0.458 e. The van der Waals surface area contributed by atoms with Gasteiger partial charge in [0.25, 0.3) is 0 Å². The van der Waals surface area contributed by atoms with Crippen molar-refractivity contribution in [3.05, 3.63) is 33.5 Å². The molecule has 0 saturated heterocycles. The van der Waals surface area contributed by atoms with Crippen LogP contribution in [-0.4, -0.2) is 7.05 Å². The number of furan rings is 1. The smallest absolute Gasteiger partial charge is 0.148 e. The number of rotatable bonds is 4. The van der Waals surface area contributed by atoms with Crippen LogP contribution in [0.2, 0.25) is 0 Å². The Hall–Kier alpha value is -0.800. The molecular formula is C15H20BrNO. The van der Waals surface area contributed by atoms with Crippen LogP contribution in [0, 0.1) is 12.8 Å². The first-order valence-corrected chi connectivity index (χ1v) is 7.17. The highest BCUT2D eigenvalue weighted by atomic mass is 79.9. The zero-order valence-electron chi connectivity index (χ0n) is 11.4. The van der Waals surface area contributed by atoms with E-state index >= 15 is 0 Å². The van der Waals surface area contributed by atoms with Gasteiger partial charge in [0, 0.05) is 10.9 Å². The Labute approximate surface area is 117 Å². The van der Waals surface area contributed by atoms with Crippen LogP contribution in [0.1, 0.15) is 30.7 Å². The Balaban J connectivity index is 2.64. The van der Waals surface area contributed by atoms with Crippen molar-refractivity contribution in [2.75, 3.05) is 7.05 Å². The number of halogens is 1. The summed E-state index contributed by atoms with van der Waals surface area (Å²) >= 11 is 3.60. The van der Waals surface area contributed by atoms with Crippen LogP contribution in [0.4, 0.5) is 0 Å². The fourth-order valence-corrected chi connectivity index (χ4v) is 2.98. The number of benzene rings is 1. The second kappa shape index (κ2) is 5.45. The maximum absolute atomic E-state index is 6.02. The number of hydrogen-bond acceptors (Lipinski definition) is 2. The first-order valence-electron chi connectivity index (χ1n) is 6.38. The third-order valence-electron chi connectivity index (χ3n) is 3.02. The summed E-state index contributed by atoms with van der Waals surface area (Å²) < 4.78 is 7.06. The Kier molecular flexibility index (Phi) is 4.13. The van der Waals surface area contributed by atoms with Gasteiger partial charge in [0.15, 0.2) is 0 Å². The van der Waals surface area contributed by atoms with Gasteiger partial charge in [-0.15, -0.1) is 0 Å². The molecule has 18 heavy (non-hydrogen) atoms. The highest BCUT2D eigenvalue weighted by Crippen LogP contribution is 2.34. The van der Waals surface area contributed by atoms with Crippen LogP contribution in [0.25, 0.3) is 11.0 Å². The average Bonchev–Trinajstić information content (AvgIpc) is 2.58. The van der Waals surface area contributed by atoms with Crippen LogP contribution in [-0.2, 0) is 13.0 Å². The Morgan fingerprint density at radius 3 is 2.67 bits per heavy atom. The molecule has 2 aromatic rings. The predicted molar refractivity (Wildman–Crippen MR) is 80.0 cm³/mol. The molecule has 0 aliphatic heterocycles. The minimum atomic E-state index is 0.626. The molecule has 0 bridgehead atoms. The molecule has 1 N–H and O–H groups in total. The molecule has 2 rings (SSSR count). The van der Waals surface area contributed by atoms with E-state index in [1.54, 1.807) is 0 Å². The summed E-state index contributed by atoms with van der Waals surface area (Å²) in [6.45, 7) is 7.38. The van der Waals surface area contributed by atoms with Crippen molar-refractivity contribution in [2.24, 2.45) is 5.92 Å². The van der Waals surface area contributed by atoms with E-state index in [1.165, 1.54) is 16.5 Å². The van der Waals surface area contributed by atoms with Gasteiger partial charge < -0.3 is 9.73 Å². The molecule has 98 valence electrons. The van der Waals surface area contributed by atoms with Crippen molar-refractivity contribution in [3.8, 4) is 0 Å². The van der Waals surface area contributed by atoms with Gasteiger partial charge in [-0.3, -0.25) is 0 Å². The summed E-state index contributed by atoms with van der Waals surface area (Å²) in [6, 6.07) is 4.33. The van der Waals surface area contributed by atoms with E-state index in [9.17, 15) is 0 Å².